The van der Waals surface area contributed by atoms with E-state index in [1.54, 1.807) is 18.5 Å². The Morgan fingerprint density at radius 3 is 2.41 bits per heavy atom. The number of benzene rings is 1. The van der Waals surface area contributed by atoms with Crippen LogP contribution in [0.2, 0.25) is 0 Å². The van der Waals surface area contributed by atoms with Gasteiger partial charge in [-0.1, -0.05) is 18.9 Å². The highest BCUT2D eigenvalue weighted by Crippen LogP contribution is 2.48. The van der Waals surface area contributed by atoms with Crippen LogP contribution in [0.1, 0.15) is 91.2 Å². The van der Waals surface area contributed by atoms with Gasteiger partial charge in [-0.2, -0.15) is 0 Å². The molecule has 2 unspecified atom stereocenters. The van der Waals surface area contributed by atoms with Gasteiger partial charge in [0.05, 0.1) is 33.0 Å². The van der Waals surface area contributed by atoms with Gasteiger partial charge in [-0.05, 0) is 114 Å². The SMILES string of the molecule is CC(C)(C)OC(=O)N1[C@@H](CNc2cc(C(CCC3CC3)(NS(=O)C(C)(C)C)c3ccncc3)ccc2F)C[C@H]2C[C@H]21. The van der Waals surface area contributed by atoms with Crippen molar-refractivity contribution in [3.8, 4) is 0 Å². The van der Waals surface area contributed by atoms with Gasteiger partial charge < -0.3 is 15.0 Å². The summed E-state index contributed by atoms with van der Waals surface area (Å²) in [4.78, 5) is 19.1. The van der Waals surface area contributed by atoms with E-state index in [-0.39, 0.29) is 24.0 Å². The molecule has 1 aliphatic heterocycles. The van der Waals surface area contributed by atoms with Crippen molar-refractivity contribution < 1.29 is 18.1 Å². The van der Waals surface area contributed by atoms with Crippen LogP contribution in [0.5, 0.6) is 0 Å². The first-order chi connectivity index (χ1) is 19.3. The Labute approximate surface area is 246 Å². The average molecular weight is 585 g/mol. The molecule has 3 fully saturated rings. The van der Waals surface area contributed by atoms with E-state index in [4.69, 9.17) is 4.74 Å². The van der Waals surface area contributed by atoms with E-state index in [0.29, 0.717) is 24.1 Å². The Kier molecular flexibility index (Phi) is 8.25. The monoisotopic (exact) mass is 584 g/mol. The number of anilines is 1. The third-order valence-electron chi connectivity index (χ3n) is 8.42. The van der Waals surface area contributed by atoms with Gasteiger partial charge in [-0.3, -0.25) is 4.98 Å². The summed E-state index contributed by atoms with van der Waals surface area (Å²) in [6.45, 7) is 11.9. The summed E-state index contributed by atoms with van der Waals surface area (Å²) < 4.78 is 37.6. The van der Waals surface area contributed by atoms with E-state index in [9.17, 15) is 9.00 Å². The van der Waals surface area contributed by atoms with Crippen molar-refractivity contribution in [2.45, 2.75) is 108 Å². The molecule has 3 aliphatic rings. The highest BCUT2D eigenvalue weighted by Gasteiger charge is 2.54. The Bertz CT molecular complexity index is 1270. The minimum Gasteiger partial charge on any atom is -0.444 e. The Balaban J connectivity index is 1.44. The van der Waals surface area contributed by atoms with Crippen molar-refractivity contribution in [2.24, 2.45) is 11.8 Å². The number of halogens is 1. The number of amides is 1. The molecule has 5 atom stereocenters. The summed E-state index contributed by atoms with van der Waals surface area (Å²) in [5.41, 5.74) is 0.824. The number of piperidine rings is 1. The van der Waals surface area contributed by atoms with E-state index in [1.807, 2.05) is 64.6 Å². The normalized spacial score (nSPS) is 24.4. The molecule has 2 aromatic rings. The number of pyridine rings is 1. The molecule has 2 saturated carbocycles. The molecule has 1 saturated heterocycles. The number of hydrogen-bond donors (Lipinski definition) is 2. The number of carbonyl (C=O) groups is 1. The third kappa shape index (κ3) is 6.94. The highest BCUT2D eigenvalue weighted by molar-refractivity contribution is 7.84. The fourth-order valence-corrected chi connectivity index (χ4v) is 6.85. The molecule has 1 aromatic carbocycles. The molecular weight excluding hydrogens is 539 g/mol. The quantitative estimate of drug-likeness (QED) is 0.332. The van der Waals surface area contributed by atoms with Crippen LogP contribution in [-0.2, 0) is 21.3 Å². The Morgan fingerprint density at radius 1 is 1.07 bits per heavy atom. The molecule has 41 heavy (non-hydrogen) atoms. The first-order valence-corrected chi connectivity index (χ1v) is 16.1. The first-order valence-electron chi connectivity index (χ1n) is 14.9. The maximum absolute atomic E-state index is 15.3. The number of nitrogens with one attached hydrogen (secondary N) is 2. The van der Waals surface area contributed by atoms with Gasteiger partial charge in [0.2, 0.25) is 0 Å². The third-order valence-corrected chi connectivity index (χ3v) is 10.1. The van der Waals surface area contributed by atoms with Crippen molar-refractivity contribution in [1.29, 1.82) is 0 Å². The molecule has 0 spiro atoms. The summed E-state index contributed by atoms with van der Waals surface area (Å²) in [7, 11) is -1.38. The van der Waals surface area contributed by atoms with Gasteiger partial charge in [-0.25, -0.2) is 18.1 Å². The number of hydrogen-bond acceptors (Lipinski definition) is 5. The van der Waals surface area contributed by atoms with E-state index in [0.717, 1.165) is 36.8 Å². The number of rotatable bonds is 10. The summed E-state index contributed by atoms with van der Waals surface area (Å²) in [6.07, 6.45) is 9.22. The van der Waals surface area contributed by atoms with Crippen LogP contribution >= 0.6 is 0 Å². The van der Waals surface area contributed by atoms with Gasteiger partial charge in [0.1, 0.15) is 11.4 Å². The fourth-order valence-electron chi connectivity index (χ4n) is 5.89. The maximum Gasteiger partial charge on any atom is 0.410 e. The zero-order chi connectivity index (χ0) is 29.6. The zero-order valence-electron chi connectivity index (χ0n) is 25.2. The lowest BCUT2D eigenvalue weighted by Crippen LogP contribution is -2.49. The van der Waals surface area contributed by atoms with E-state index < -0.39 is 26.9 Å². The summed E-state index contributed by atoms with van der Waals surface area (Å²) in [5, 5.41) is 3.33. The molecule has 0 bridgehead atoms. The number of nitrogens with zero attached hydrogens (tertiary/aromatic N) is 2. The minimum absolute atomic E-state index is 0.0667. The van der Waals surface area contributed by atoms with Crippen molar-refractivity contribution in [2.75, 3.05) is 11.9 Å². The summed E-state index contributed by atoms with van der Waals surface area (Å²) in [5.74, 6) is 0.791. The number of carbonyl (C=O) groups excluding carboxylic acids is 1. The number of likely N-dealkylation sites (tertiary alicyclic amines) is 1. The van der Waals surface area contributed by atoms with Crippen LogP contribution in [-0.4, -0.2) is 49.2 Å². The smallest absolute Gasteiger partial charge is 0.410 e. The lowest BCUT2D eigenvalue weighted by atomic mass is 9.79. The second-order valence-corrected chi connectivity index (χ2v) is 16.0. The van der Waals surface area contributed by atoms with Crippen LogP contribution in [0.25, 0.3) is 0 Å². The van der Waals surface area contributed by atoms with Crippen molar-refractivity contribution in [1.82, 2.24) is 14.6 Å². The van der Waals surface area contributed by atoms with Crippen LogP contribution in [0.15, 0.2) is 42.7 Å². The molecule has 5 rings (SSSR count). The summed E-state index contributed by atoms with van der Waals surface area (Å²) in [6, 6.07) is 9.21. The molecule has 1 amide bonds. The molecule has 2 aliphatic carbocycles. The van der Waals surface area contributed by atoms with Gasteiger partial charge in [0.25, 0.3) is 0 Å². The molecule has 0 radical (unpaired) electrons. The highest BCUT2D eigenvalue weighted by atomic mass is 32.2. The second-order valence-electron chi connectivity index (χ2n) is 14.0. The average Bonchev–Trinajstić information content (AvgIpc) is 3.83. The van der Waals surface area contributed by atoms with Gasteiger partial charge in [0.15, 0.2) is 0 Å². The maximum atomic E-state index is 15.3. The molecule has 2 heterocycles. The minimum atomic E-state index is -1.38. The zero-order valence-corrected chi connectivity index (χ0v) is 26.0. The van der Waals surface area contributed by atoms with Crippen LogP contribution in [0, 0.1) is 17.7 Å². The second kappa shape index (κ2) is 11.3. The summed E-state index contributed by atoms with van der Waals surface area (Å²) >= 11 is 0. The predicted molar refractivity (Wildman–Crippen MR) is 161 cm³/mol. The number of fused-ring (bicyclic) bond motifs is 1. The lowest BCUT2D eigenvalue weighted by Gasteiger charge is -2.38. The van der Waals surface area contributed by atoms with Crippen molar-refractivity contribution >= 4 is 22.8 Å². The van der Waals surface area contributed by atoms with E-state index in [1.165, 1.54) is 18.9 Å². The number of aromatic nitrogens is 1. The lowest BCUT2D eigenvalue weighted by molar-refractivity contribution is 0.0194. The topological polar surface area (TPSA) is 83.6 Å². The van der Waals surface area contributed by atoms with E-state index in [2.05, 4.69) is 15.0 Å². The standard InChI is InChI=1S/C32H45FN4O3S/c1-30(2,3)40-29(38)37-25(17-22-18-28(22)37)20-35-27-19-24(9-10-26(27)33)32(14-11-21-7-8-21,23-12-15-34-16-13-23)36-41(39)31(4,5)6/h9-10,12-13,15-16,19,21-22,25,28,35-36H,7-8,11,14,17-18,20H2,1-6H3/t22-,25+,28+,32?,41?/m0/s1. The number of ether oxygens (including phenoxy) is 1. The van der Waals surface area contributed by atoms with Gasteiger partial charge >= 0.3 is 6.09 Å². The van der Waals surface area contributed by atoms with E-state index >= 15 is 4.39 Å². The van der Waals surface area contributed by atoms with Gasteiger partial charge in [0, 0.05) is 25.0 Å². The molecule has 7 nitrogen and oxygen atoms in total. The Morgan fingerprint density at radius 2 is 1.78 bits per heavy atom. The van der Waals surface area contributed by atoms with Crippen molar-refractivity contribution in [3.63, 3.8) is 0 Å². The largest absolute Gasteiger partial charge is 0.444 e. The fraction of sp³-hybridized carbons (Fsp3) is 0.625. The van der Waals surface area contributed by atoms with Crippen LogP contribution in [0.3, 0.4) is 0 Å². The Hall–Kier alpha value is -2.52. The molecule has 224 valence electrons. The predicted octanol–water partition coefficient (Wildman–Crippen LogP) is 6.52. The molecular formula is C32H45FN4O3S. The molecule has 1 aromatic heterocycles. The van der Waals surface area contributed by atoms with Crippen molar-refractivity contribution in [3.05, 3.63) is 59.7 Å². The molecule has 9 heteroatoms. The van der Waals surface area contributed by atoms with Gasteiger partial charge in [-0.15, -0.1) is 0 Å². The molecule has 2 N–H and O–H groups in total. The van der Waals surface area contributed by atoms with Crippen LogP contribution < -0.4 is 10.0 Å². The first kappa shape index (κ1) is 30.0. The van der Waals surface area contributed by atoms with Crippen LogP contribution in [0.4, 0.5) is 14.9 Å².